The summed E-state index contributed by atoms with van der Waals surface area (Å²) in [5, 5.41) is 0. The molecule has 1 aliphatic heterocycles. The van der Waals surface area contributed by atoms with Gasteiger partial charge in [0.25, 0.3) is 0 Å². The summed E-state index contributed by atoms with van der Waals surface area (Å²) in [6.07, 6.45) is 1.18. The molecule has 1 saturated heterocycles. The van der Waals surface area contributed by atoms with Gasteiger partial charge >= 0.3 is 11.8 Å². The molecule has 6 heteroatoms. The van der Waals surface area contributed by atoms with Crippen LogP contribution in [0.25, 0.3) is 11.0 Å². The molecule has 0 N–H and O–H groups in total. The summed E-state index contributed by atoms with van der Waals surface area (Å²) in [5.41, 5.74) is 1.60. The van der Waals surface area contributed by atoms with E-state index in [1.165, 1.54) is 4.57 Å². The highest BCUT2D eigenvalue weighted by molar-refractivity contribution is 5.77. The van der Waals surface area contributed by atoms with E-state index in [2.05, 4.69) is 12.0 Å². The predicted octanol–water partition coefficient (Wildman–Crippen LogP) is 2.43. The number of piperidine rings is 1. The third kappa shape index (κ3) is 2.78. The summed E-state index contributed by atoms with van der Waals surface area (Å²) >= 11 is 0. The molecule has 0 saturated carbocycles. The molecule has 0 spiro atoms. The van der Waals surface area contributed by atoms with E-state index in [0.717, 1.165) is 23.9 Å². The number of likely N-dealkylation sites (tertiary alicyclic amines) is 1. The van der Waals surface area contributed by atoms with Crippen molar-refractivity contribution >= 4 is 17.1 Å². The number of carbonyl (C=O) groups is 1. The normalized spacial score (nSPS) is 15.2. The van der Waals surface area contributed by atoms with Crippen molar-refractivity contribution in [2.45, 2.75) is 32.7 Å². The summed E-state index contributed by atoms with van der Waals surface area (Å²) < 4.78 is 8.38. The first-order valence-electron chi connectivity index (χ1n) is 8.23. The van der Waals surface area contributed by atoms with Gasteiger partial charge in [0.15, 0.2) is 0 Å². The lowest BCUT2D eigenvalue weighted by Crippen LogP contribution is -2.41. The first-order chi connectivity index (χ1) is 11.7. The number of amides is 1. The second-order valence-corrected chi connectivity index (χ2v) is 5.76. The molecular weight excluding hydrogens is 306 g/mol. The molecule has 1 aromatic carbocycles. The number of benzene rings is 1. The van der Waals surface area contributed by atoms with Gasteiger partial charge in [0.05, 0.1) is 17.6 Å². The Kier molecular flexibility index (Phi) is 4.61. The first kappa shape index (κ1) is 16.2. The molecule has 3 rings (SSSR count). The van der Waals surface area contributed by atoms with Crippen molar-refractivity contribution in [3.63, 3.8) is 0 Å². The van der Waals surface area contributed by atoms with Crippen LogP contribution in [0.5, 0.6) is 0 Å². The quantitative estimate of drug-likeness (QED) is 0.796. The zero-order valence-electron chi connectivity index (χ0n) is 14.0. The van der Waals surface area contributed by atoms with Gasteiger partial charge in [-0.1, -0.05) is 18.1 Å². The van der Waals surface area contributed by atoms with Gasteiger partial charge in [0.2, 0.25) is 0 Å². The Morgan fingerprint density at radius 1 is 1.25 bits per heavy atom. The van der Waals surface area contributed by atoms with Crippen LogP contribution in [0, 0.1) is 12.0 Å². The molecule has 2 heterocycles. The Bertz CT molecular complexity index is 861. The standard InChI is InChI=1S/C18H21N3O3/c1-3-11-20-15-7-5-6-8-16(15)21(17(20)22)14-9-12-19(13-10-14)18(23)24-4-2/h5-8,14H,4,9-10,12-13H2,1-2H3. The number of hydrogen-bond donors (Lipinski definition) is 0. The second kappa shape index (κ2) is 6.83. The van der Waals surface area contributed by atoms with Gasteiger partial charge in [0.1, 0.15) is 0 Å². The van der Waals surface area contributed by atoms with Crippen molar-refractivity contribution in [3.8, 4) is 12.0 Å². The minimum atomic E-state index is -0.275. The Hall–Kier alpha value is -2.68. The van der Waals surface area contributed by atoms with Gasteiger partial charge < -0.3 is 9.64 Å². The Labute approximate surface area is 140 Å². The summed E-state index contributed by atoms with van der Waals surface area (Å²) in [6.45, 7) is 5.08. The molecule has 0 unspecified atom stereocenters. The predicted molar refractivity (Wildman–Crippen MR) is 91.9 cm³/mol. The van der Waals surface area contributed by atoms with Gasteiger partial charge in [-0.25, -0.2) is 14.2 Å². The molecule has 1 aliphatic rings. The number of para-hydroxylation sites is 2. The van der Waals surface area contributed by atoms with E-state index < -0.39 is 0 Å². The molecule has 1 fully saturated rings. The summed E-state index contributed by atoms with van der Waals surface area (Å²) in [6, 6.07) is 10.6. The number of fused-ring (bicyclic) bond motifs is 1. The minimum Gasteiger partial charge on any atom is -0.450 e. The van der Waals surface area contributed by atoms with Crippen molar-refractivity contribution in [3.05, 3.63) is 34.7 Å². The molecule has 2 aromatic rings. The molecule has 0 atom stereocenters. The zero-order valence-corrected chi connectivity index (χ0v) is 14.0. The monoisotopic (exact) mass is 327 g/mol. The highest BCUT2D eigenvalue weighted by atomic mass is 16.6. The lowest BCUT2D eigenvalue weighted by atomic mass is 10.0. The van der Waals surface area contributed by atoms with Crippen molar-refractivity contribution < 1.29 is 9.53 Å². The number of nitrogens with zero attached hydrogens (tertiary/aromatic N) is 3. The van der Waals surface area contributed by atoms with E-state index >= 15 is 0 Å². The van der Waals surface area contributed by atoms with E-state index in [4.69, 9.17) is 4.74 Å². The molecule has 0 aliphatic carbocycles. The first-order valence-corrected chi connectivity index (χ1v) is 8.23. The number of ether oxygens (including phenoxy) is 1. The summed E-state index contributed by atoms with van der Waals surface area (Å²) in [4.78, 5) is 26.3. The summed E-state index contributed by atoms with van der Waals surface area (Å²) in [7, 11) is 0. The van der Waals surface area contributed by atoms with Gasteiger partial charge in [-0.3, -0.25) is 4.57 Å². The van der Waals surface area contributed by atoms with Gasteiger partial charge in [-0.05, 0) is 38.8 Å². The third-order valence-corrected chi connectivity index (χ3v) is 4.36. The van der Waals surface area contributed by atoms with E-state index in [0.29, 0.717) is 19.7 Å². The fraction of sp³-hybridized carbons (Fsp3) is 0.444. The van der Waals surface area contributed by atoms with Gasteiger partial charge in [-0.15, -0.1) is 0 Å². The van der Waals surface area contributed by atoms with E-state index in [-0.39, 0.29) is 17.8 Å². The van der Waals surface area contributed by atoms with Gasteiger partial charge in [-0.2, -0.15) is 0 Å². The van der Waals surface area contributed by atoms with E-state index in [1.54, 1.807) is 18.7 Å². The second-order valence-electron chi connectivity index (χ2n) is 5.76. The van der Waals surface area contributed by atoms with Crippen molar-refractivity contribution in [2.75, 3.05) is 19.7 Å². The lowest BCUT2D eigenvalue weighted by molar-refractivity contribution is 0.0927. The Balaban J connectivity index is 1.91. The van der Waals surface area contributed by atoms with Crippen LogP contribution in [-0.4, -0.2) is 39.8 Å². The topological polar surface area (TPSA) is 56.5 Å². The SMILES string of the molecule is CC#Cn1c(=O)n(C2CCN(C(=O)OCC)CC2)c2ccccc21. The van der Waals surface area contributed by atoms with E-state index in [9.17, 15) is 9.59 Å². The maximum absolute atomic E-state index is 12.8. The Morgan fingerprint density at radius 3 is 2.54 bits per heavy atom. The Morgan fingerprint density at radius 2 is 1.92 bits per heavy atom. The molecule has 1 aromatic heterocycles. The molecule has 6 nitrogen and oxygen atoms in total. The number of carbonyl (C=O) groups excluding carboxylic acids is 1. The smallest absolute Gasteiger partial charge is 0.409 e. The highest BCUT2D eigenvalue weighted by Crippen LogP contribution is 2.25. The van der Waals surface area contributed by atoms with Crippen LogP contribution in [-0.2, 0) is 4.74 Å². The summed E-state index contributed by atoms with van der Waals surface area (Å²) in [5.74, 6) is 2.80. The van der Waals surface area contributed by atoms with Crippen LogP contribution >= 0.6 is 0 Å². The highest BCUT2D eigenvalue weighted by Gasteiger charge is 2.27. The van der Waals surface area contributed by atoms with Crippen molar-refractivity contribution in [2.24, 2.45) is 0 Å². The molecule has 0 radical (unpaired) electrons. The number of aromatic nitrogens is 2. The maximum Gasteiger partial charge on any atom is 0.409 e. The molecule has 24 heavy (non-hydrogen) atoms. The fourth-order valence-electron chi connectivity index (χ4n) is 3.26. The fourth-order valence-corrected chi connectivity index (χ4v) is 3.26. The van der Waals surface area contributed by atoms with Gasteiger partial charge in [0, 0.05) is 25.2 Å². The minimum absolute atomic E-state index is 0.0629. The zero-order chi connectivity index (χ0) is 17.1. The molecule has 1 amide bonds. The molecule has 0 bridgehead atoms. The lowest BCUT2D eigenvalue weighted by Gasteiger charge is -2.31. The number of hydrogen-bond acceptors (Lipinski definition) is 3. The maximum atomic E-state index is 12.8. The van der Waals surface area contributed by atoms with Crippen molar-refractivity contribution in [1.82, 2.24) is 14.0 Å². The molecule has 126 valence electrons. The third-order valence-electron chi connectivity index (χ3n) is 4.36. The number of imidazole rings is 1. The average Bonchev–Trinajstić information content (AvgIpc) is 2.88. The average molecular weight is 327 g/mol. The van der Waals surface area contributed by atoms with Crippen molar-refractivity contribution in [1.29, 1.82) is 0 Å². The van der Waals surface area contributed by atoms with E-state index in [1.807, 2.05) is 28.8 Å². The van der Waals surface area contributed by atoms with Crippen LogP contribution in [0.3, 0.4) is 0 Å². The largest absolute Gasteiger partial charge is 0.450 e. The molecular formula is C18H21N3O3. The van der Waals surface area contributed by atoms with Crippen LogP contribution < -0.4 is 5.69 Å². The number of rotatable bonds is 2. The van der Waals surface area contributed by atoms with Crippen LogP contribution in [0.15, 0.2) is 29.1 Å². The van der Waals surface area contributed by atoms with Crippen LogP contribution in [0.2, 0.25) is 0 Å². The van der Waals surface area contributed by atoms with Crippen LogP contribution in [0.1, 0.15) is 32.7 Å². The van der Waals surface area contributed by atoms with Crippen LogP contribution in [0.4, 0.5) is 4.79 Å².